The van der Waals surface area contributed by atoms with Crippen molar-refractivity contribution in [3.8, 4) is 11.6 Å². The zero-order valence-electron chi connectivity index (χ0n) is 12.2. The number of rotatable bonds is 3. The number of ether oxygens (including phenoxy) is 1. The topological polar surface area (TPSA) is 49.0 Å². The van der Waals surface area contributed by atoms with E-state index < -0.39 is 5.97 Å². The average molecular weight is 316 g/mol. The zero-order valence-corrected chi connectivity index (χ0v) is 13.0. The summed E-state index contributed by atoms with van der Waals surface area (Å²) in [5, 5.41) is 6.00. The van der Waals surface area contributed by atoms with Crippen molar-refractivity contribution in [3.63, 3.8) is 0 Å². The Morgan fingerprint density at radius 3 is 2.91 bits per heavy atom. The number of benzene rings is 1. The maximum Gasteiger partial charge on any atom is 0.335 e. The van der Waals surface area contributed by atoms with Crippen molar-refractivity contribution >= 4 is 28.5 Å². The molecule has 0 bridgehead atoms. The molecule has 2 aromatic heterocycles. The molecule has 0 spiro atoms. The average Bonchev–Trinajstić information content (AvgIpc) is 2.99. The first-order valence-electron chi connectivity index (χ1n) is 6.66. The minimum atomic E-state index is -0.517. The van der Waals surface area contributed by atoms with Crippen LogP contribution >= 0.6 is 11.6 Å². The molecule has 0 amide bonds. The number of hydrogen-bond acceptors (Lipinski definition) is 3. The fraction of sp³-hybridized carbons (Fsp3) is 0.125. The van der Waals surface area contributed by atoms with Crippen LogP contribution in [0, 0.1) is 6.92 Å². The van der Waals surface area contributed by atoms with Gasteiger partial charge in [0.2, 0.25) is 0 Å². The summed E-state index contributed by atoms with van der Waals surface area (Å²) in [5.74, 6) is 0.571. The van der Waals surface area contributed by atoms with Gasteiger partial charge in [0.25, 0.3) is 0 Å². The van der Waals surface area contributed by atoms with Gasteiger partial charge in [-0.3, -0.25) is 4.57 Å². The molecule has 0 fully saturated rings. The van der Waals surface area contributed by atoms with Crippen molar-refractivity contribution in [1.29, 1.82) is 0 Å². The number of halogens is 1. The number of carbonyl (C=O) groups is 1. The lowest BCUT2D eigenvalue weighted by Gasteiger charge is -2.09. The summed E-state index contributed by atoms with van der Waals surface area (Å²) in [6.45, 7) is 5.21. The lowest BCUT2D eigenvalue weighted by atomic mass is 10.2. The van der Waals surface area contributed by atoms with Gasteiger partial charge in [-0.2, -0.15) is 5.10 Å². The van der Waals surface area contributed by atoms with E-state index in [1.165, 1.54) is 0 Å². The van der Waals surface area contributed by atoms with E-state index in [2.05, 4.69) is 11.7 Å². The minimum absolute atomic E-state index is 0.417. The molecule has 0 aliphatic heterocycles. The van der Waals surface area contributed by atoms with Crippen LogP contribution in [0.5, 0.6) is 5.75 Å². The molecule has 0 unspecified atom stereocenters. The quantitative estimate of drug-likeness (QED) is 0.549. The van der Waals surface area contributed by atoms with E-state index in [0.717, 1.165) is 17.0 Å². The van der Waals surface area contributed by atoms with Crippen LogP contribution in [0.4, 0.5) is 0 Å². The van der Waals surface area contributed by atoms with Gasteiger partial charge in [0.05, 0.1) is 5.52 Å². The van der Waals surface area contributed by atoms with Crippen LogP contribution in [0.3, 0.4) is 0 Å². The standard InChI is InChI=1S/C16H14ClN3O2/c1-4-14(21)22-15-10(2)18-19(3)16(15)20-8-7-11-9-12(17)5-6-13(11)20/h4-9H,1H2,2-3H3. The summed E-state index contributed by atoms with van der Waals surface area (Å²) < 4.78 is 8.95. The van der Waals surface area contributed by atoms with Crippen LogP contribution < -0.4 is 4.74 Å². The molecule has 0 radical (unpaired) electrons. The Bertz CT molecular complexity index is 892. The summed E-state index contributed by atoms with van der Waals surface area (Å²) >= 11 is 6.02. The Morgan fingerprint density at radius 2 is 2.18 bits per heavy atom. The summed E-state index contributed by atoms with van der Waals surface area (Å²) in [6.07, 6.45) is 3.02. The van der Waals surface area contributed by atoms with E-state index in [0.29, 0.717) is 22.3 Å². The molecule has 0 N–H and O–H groups in total. The van der Waals surface area contributed by atoms with Gasteiger partial charge < -0.3 is 4.74 Å². The van der Waals surface area contributed by atoms with Crippen molar-refractivity contribution in [2.45, 2.75) is 6.92 Å². The van der Waals surface area contributed by atoms with Gasteiger partial charge >= 0.3 is 5.97 Å². The Hall–Kier alpha value is -2.53. The molecular weight excluding hydrogens is 302 g/mol. The zero-order chi connectivity index (χ0) is 15.9. The molecule has 3 aromatic rings. The Labute approximate surface area is 132 Å². The van der Waals surface area contributed by atoms with Crippen molar-refractivity contribution in [3.05, 3.63) is 53.8 Å². The van der Waals surface area contributed by atoms with Crippen LogP contribution in [-0.2, 0) is 11.8 Å². The third-order valence-corrected chi connectivity index (χ3v) is 3.62. The molecule has 0 saturated heterocycles. The summed E-state index contributed by atoms with van der Waals surface area (Å²) in [7, 11) is 1.80. The van der Waals surface area contributed by atoms with Crippen LogP contribution in [0.2, 0.25) is 5.02 Å². The molecule has 1 aromatic carbocycles. The number of aromatic nitrogens is 3. The lowest BCUT2D eigenvalue weighted by Crippen LogP contribution is -2.08. The number of aryl methyl sites for hydroxylation is 2. The minimum Gasteiger partial charge on any atom is -0.417 e. The van der Waals surface area contributed by atoms with Crippen molar-refractivity contribution < 1.29 is 9.53 Å². The lowest BCUT2D eigenvalue weighted by molar-refractivity contribution is -0.129. The van der Waals surface area contributed by atoms with Crippen LogP contribution in [-0.4, -0.2) is 20.3 Å². The van der Waals surface area contributed by atoms with Crippen LogP contribution in [0.25, 0.3) is 16.7 Å². The largest absolute Gasteiger partial charge is 0.417 e. The van der Waals surface area contributed by atoms with Gasteiger partial charge in [0, 0.05) is 29.7 Å². The highest BCUT2D eigenvalue weighted by Crippen LogP contribution is 2.31. The highest BCUT2D eigenvalue weighted by atomic mass is 35.5. The normalized spacial score (nSPS) is 10.9. The fourth-order valence-corrected chi connectivity index (χ4v) is 2.63. The molecule has 0 saturated carbocycles. The highest BCUT2D eigenvalue weighted by molar-refractivity contribution is 6.31. The van der Waals surface area contributed by atoms with Gasteiger partial charge in [-0.1, -0.05) is 18.2 Å². The summed E-state index contributed by atoms with van der Waals surface area (Å²) in [5.41, 5.74) is 1.58. The summed E-state index contributed by atoms with van der Waals surface area (Å²) in [4.78, 5) is 11.6. The molecule has 0 aliphatic rings. The van der Waals surface area contributed by atoms with Crippen LogP contribution in [0.1, 0.15) is 5.69 Å². The van der Waals surface area contributed by atoms with Gasteiger partial charge in [-0.05, 0) is 31.2 Å². The molecule has 0 atom stereocenters. The molecule has 112 valence electrons. The number of carbonyl (C=O) groups excluding carboxylic acids is 1. The van der Waals surface area contributed by atoms with E-state index in [-0.39, 0.29) is 0 Å². The molecule has 3 rings (SSSR count). The van der Waals surface area contributed by atoms with Crippen molar-refractivity contribution in [2.75, 3.05) is 0 Å². The van der Waals surface area contributed by atoms with Crippen molar-refractivity contribution in [1.82, 2.24) is 14.3 Å². The molecule has 2 heterocycles. The Morgan fingerprint density at radius 1 is 1.41 bits per heavy atom. The Balaban J connectivity index is 2.22. The predicted octanol–water partition coefficient (Wildman–Crippen LogP) is 3.42. The van der Waals surface area contributed by atoms with E-state index in [9.17, 15) is 4.79 Å². The maximum atomic E-state index is 11.6. The number of nitrogens with zero attached hydrogens (tertiary/aromatic N) is 3. The maximum absolute atomic E-state index is 11.6. The molecular formula is C16H14ClN3O2. The molecule has 0 aliphatic carbocycles. The predicted molar refractivity (Wildman–Crippen MR) is 85.6 cm³/mol. The first kappa shape index (κ1) is 14.4. The smallest absolute Gasteiger partial charge is 0.335 e. The third kappa shape index (κ3) is 2.29. The first-order chi connectivity index (χ1) is 10.5. The second-order valence-electron chi connectivity index (χ2n) is 4.88. The third-order valence-electron chi connectivity index (χ3n) is 3.39. The molecule has 5 nitrogen and oxygen atoms in total. The number of fused-ring (bicyclic) bond motifs is 1. The number of esters is 1. The SMILES string of the molecule is C=CC(=O)Oc1c(C)nn(C)c1-n1ccc2cc(Cl)ccc21. The fourth-order valence-electron chi connectivity index (χ4n) is 2.45. The van der Waals surface area contributed by atoms with Gasteiger partial charge in [0.1, 0.15) is 5.69 Å². The first-order valence-corrected chi connectivity index (χ1v) is 7.04. The van der Waals surface area contributed by atoms with E-state index in [4.69, 9.17) is 16.3 Å². The second kappa shape index (κ2) is 5.35. The second-order valence-corrected chi connectivity index (χ2v) is 5.31. The van der Waals surface area contributed by atoms with Gasteiger partial charge in [-0.25, -0.2) is 9.48 Å². The molecule has 6 heteroatoms. The highest BCUT2D eigenvalue weighted by Gasteiger charge is 2.20. The van der Waals surface area contributed by atoms with Gasteiger partial charge in [0.15, 0.2) is 11.6 Å². The summed E-state index contributed by atoms with van der Waals surface area (Å²) in [6, 6.07) is 7.56. The van der Waals surface area contributed by atoms with E-state index in [1.54, 1.807) is 18.7 Å². The van der Waals surface area contributed by atoms with Gasteiger partial charge in [-0.15, -0.1) is 0 Å². The van der Waals surface area contributed by atoms with E-state index in [1.807, 2.05) is 35.0 Å². The van der Waals surface area contributed by atoms with E-state index >= 15 is 0 Å². The van der Waals surface area contributed by atoms with Crippen LogP contribution in [0.15, 0.2) is 43.1 Å². The number of hydrogen-bond donors (Lipinski definition) is 0. The van der Waals surface area contributed by atoms with Crippen molar-refractivity contribution in [2.24, 2.45) is 7.05 Å². The Kier molecular flexibility index (Phi) is 3.50. The molecule has 22 heavy (non-hydrogen) atoms. The monoisotopic (exact) mass is 315 g/mol.